The van der Waals surface area contributed by atoms with E-state index in [-0.39, 0.29) is 0 Å². The van der Waals surface area contributed by atoms with Gasteiger partial charge in [0, 0.05) is 29.7 Å². The average molecular weight is 303 g/mol. The summed E-state index contributed by atoms with van der Waals surface area (Å²) in [6.07, 6.45) is 0. The average Bonchev–Trinajstić information content (AvgIpc) is 2.84. The number of halogens is 1. The summed E-state index contributed by atoms with van der Waals surface area (Å²) in [6.45, 7) is 2.45. The molecule has 0 aliphatic heterocycles. The molecule has 1 heterocycles. The second kappa shape index (κ2) is 5.66. The number of hydrogen-bond donors (Lipinski definition) is 1. The number of nitrogens with one attached hydrogen (secondary N) is 1. The molecule has 0 amide bonds. The van der Waals surface area contributed by atoms with E-state index in [1.165, 1.54) is 0 Å². The van der Waals surface area contributed by atoms with Gasteiger partial charge in [-0.15, -0.1) is 0 Å². The van der Waals surface area contributed by atoms with Crippen LogP contribution in [0.4, 0.5) is 5.69 Å². The predicted molar refractivity (Wildman–Crippen MR) is 84.1 cm³/mol. The smallest absolute Gasteiger partial charge is 0.192 e. The number of aryl methyl sites for hydroxylation is 1. The van der Waals surface area contributed by atoms with Crippen LogP contribution < -0.4 is 10.1 Å². The fraction of sp³-hybridized carbons (Fsp3) is 0.188. The maximum atomic E-state index is 6.03. The Kier molecular flexibility index (Phi) is 3.71. The van der Waals surface area contributed by atoms with Crippen molar-refractivity contribution in [2.45, 2.75) is 13.5 Å². The molecule has 0 radical (unpaired) electrons. The van der Waals surface area contributed by atoms with Crippen molar-refractivity contribution >= 4 is 28.4 Å². The van der Waals surface area contributed by atoms with Crippen LogP contribution in [-0.2, 0) is 6.54 Å². The number of rotatable bonds is 4. The van der Waals surface area contributed by atoms with Crippen molar-refractivity contribution in [3.63, 3.8) is 0 Å². The molecule has 0 fully saturated rings. The topological polar surface area (TPSA) is 47.3 Å². The lowest BCUT2D eigenvalue weighted by Gasteiger charge is -2.11. The summed E-state index contributed by atoms with van der Waals surface area (Å²) in [5.41, 5.74) is 3.60. The van der Waals surface area contributed by atoms with E-state index < -0.39 is 0 Å². The Labute approximate surface area is 127 Å². The molecule has 0 atom stereocenters. The normalized spacial score (nSPS) is 10.8. The van der Waals surface area contributed by atoms with E-state index in [2.05, 4.69) is 10.3 Å². The van der Waals surface area contributed by atoms with Gasteiger partial charge in [0.25, 0.3) is 0 Å². The second-order valence-electron chi connectivity index (χ2n) is 4.73. The van der Waals surface area contributed by atoms with E-state index in [9.17, 15) is 0 Å². The standard InChI is InChI=1S/C16H15ClN2O2/c1-10-19-14-8-13(4-6-16(14)21-10)18-9-11-7-12(17)3-5-15(11)20-2/h3-8,18H,9H2,1-2H3. The Morgan fingerprint density at radius 2 is 2.10 bits per heavy atom. The van der Waals surface area contributed by atoms with Crippen molar-refractivity contribution in [3.05, 3.63) is 52.9 Å². The van der Waals surface area contributed by atoms with Gasteiger partial charge < -0.3 is 14.5 Å². The summed E-state index contributed by atoms with van der Waals surface area (Å²) >= 11 is 6.03. The van der Waals surface area contributed by atoms with Crippen molar-refractivity contribution < 1.29 is 9.15 Å². The van der Waals surface area contributed by atoms with Crippen LogP contribution in [0.5, 0.6) is 5.75 Å². The minimum atomic E-state index is 0.617. The Bertz CT molecular complexity index is 783. The van der Waals surface area contributed by atoms with Gasteiger partial charge in [0.1, 0.15) is 11.3 Å². The van der Waals surface area contributed by atoms with E-state index in [0.717, 1.165) is 28.1 Å². The van der Waals surface area contributed by atoms with Crippen LogP contribution in [-0.4, -0.2) is 12.1 Å². The molecule has 5 heteroatoms. The lowest BCUT2D eigenvalue weighted by atomic mass is 10.2. The highest BCUT2D eigenvalue weighted by atomic mass is 35.5. The summed E-state index contributed by atoms with van der Waals surface area (Å²) in [5, 5.41) is 4.03. The molecule has 21 heavy (non-hydrogen) atoms. The molecule has 0 saturated carbocycles. The number of anilines is 1. The van der Waals surface area contributed by atoms with Gasteiger partial charge in [-0.25, -0.2) is 4.98 Å². The molecule has 108 valence electrons. The summed E-state index contributed by atoms with van der Waals surface area (Å²) in [7, 11) is 1.65. The van der Waals surface area contributed by atoms with Crippen molar-refractivity contribution in [2.24, 2.45) is 0 Å². The Morgan fingerprint density at radius 3 is 2.90 bits per heavy atom. The SMILES string of the molecule is COc1ccc(Cl)cc1CNc1ccc2oc(C)nc2c1. The van der Waals surface area contributed by atoms with E-state index in [4.69, 9.17) is 20.8 Å². The van der Waals surface area contributed by atoms with Gasteiger partial charge in [-0.2, -0.15) is 0 Å². The van der Waals surface area contributed by atoms with Crippen LogP contribution in [0.15, 0.2) is 40.8 Å². The molecule has 0 aliphatic rings. The number of ether oxygens (including phenoxy) is 1. The van der Waals surface area contributed by atoms with Crippen LogP contribution in [0.2, 0.25) is 5.02 Å². The number of oxazole rings is 1. The predicted octanol–water partition coefficient (Wildman–Crippen LogP) is 4.41. The van der Waals surface area contributed by atoms with E-state index in [1.54, 1.807) is 7.11 Å². The summed E-state index contributed by atoms with van der Waals surface area (Å²) in [6, 6.07) is 11.4. The van der Waals surface area contributed by atoms with E-state index in [0.29, 0.717) is 17.5 Å². The first-order valence-electron chi connectivity index (χ1n) is 6.59. The molecule has 0 saturated heterocycles. The number of nitrogens with zero attached hydrogens (tertiary/aromatic N) is 1. The number of methoxy groups -OCH3 is 1. The number of aromatic nitrogens is 1. The van der Waals surface area contributed by atoms with E-state index >= 15 is 0 Å². The molecule has 3 rings (SSSR count). The Morgan fingerprint density at radius 1 is 1.24 bits per heavy atom. The maximum absolute atomic E-state index is 6.03. The molecular weight excluding hydrogens is 288 g/mol. The third-order valence-electron chi connectivity index (χ3n) is 3.22. The summed E-state index contributed by atoms with van der Waals surface area (Å²) in [5.74, 6) is 1.48. The minimum Gasteiger partial charge on any atom is -0.496 e. The van der Waals surface area contributed by atoms with Crippen molar-refractivity contribution in [1.82, 2.24) is 4.98 Å². The first kappa shape index (κ1) is 13.8. The fourth-order valence-corrected chi connectivity index (χ4v) is 2.43. The molecule has 1 N–H and O–H groups in total. The fourth-order valence-electron chi connectivity index (χ4n) is 2.24. The molecule has 1 aromatic heterocycles. The third kappa shape index (κ3) is 2.95. The third-order valence-corrected chi connectivity index (χ3v) is 3.46. The van der Waals surface area contributed by atoms with Crippen LogP contribution in [0.3, 0.4) is 0 Å². The molecule has 0 aliphatic carbocycles. The Hall–Kier alpha value is -2.20. The van der Waals surface area contributed by atoms with Crippen LogP contribution in [0, 0.1) is 6.92 Å². The maximum Gasteiger partial charge on any atom is 0.192 e. The van der Waals surface area contributed by atoms with Gasteiger partial charge in [-0.05, 0) is 36.4 Å². The van der Waals surface area contributed by atoms with Crippen molar-refractivity contribution in [2.75, 3.05) is 12.4 Å². The summed E-state index contributed by atoms with van der Waals surface area (Å²) in [4.78, 5) is 4.32. The Balaban J connectivity index is 1.81. The lowest BCUT2D eigenvalue weighted by molar-refractivity contribution is 0.410. The van der Waals surface area contributed by atoms with Gasteiger partial charge in [-0.3, -0.25) is 0 Å². The summed E-state index contributed by atoms with van der Waals surface area (Å²) < 4.78 is 10.8. The molecule has 0 bridgehead atoms. The van der Waals surface area contributed by atoms with Crippen LogP contribution >= 0.6 is 11.6 Å². The molecule has 4 nitrogen and oxygen atoms in total. The highest BCUT2D eigenvalue weighted by molar-refractivity contribution is 6.30. The number of fused-ring (bicyclic) bond motifs is 1. The van der Waals surface area contributed by atoms with Gasteiger partial charge >= 0.3 is 0 Å². The van der Waals surface area contributed by atoms with Gasteiger partial charge in [0.15, 0.2) is 11.5 Å². The second-order valence-corrected chi connectivity index (χ2v) is 5.16. The van der Waals surface area contributed by atoms with Gasteiger partial charge in [0.05, 0.1) is 7.11 Å². The molecule has 0 unspecified atom stereocenters. The molecule has 3 aromatic rings. The van der Waals surface area contributed by atoms with Gasteiger partial charge in [0.2, 0.25) is 0 Å². The van der Waals surface area contributed by atoms with Crippen molar-refractivity contribution in [1.29, 1.82) is 0 Å². The minimum absolute atomic E-state index is 0.617. The highest BCUT2D eigenvalue weighted by Crippen LogP contribution is 2.25. The molecular formula is C16H15ClN2O2. The zero-order valence-corrected chi connectivity index (χ0v) is 12.6. The monoisotopic (exact) mass is 302 g/mol. The molecule has 2 aromatic carbocycles. The van der Waals surface area contributed by atoms with Crippen LogP contribution in [0.25, 0.3) is 11.1 Å². The molecule has 0 spiro atoms. The first-order chi connectivity index (χ1) is 10.2. The van der Waals surface area contributed by atoms with Crippen molar-refractivity contribution in [3.8, 4) is 5.75 Å². The lowest BCUT2D eigenvalue weighted by Crippen LogP contribution is -2.01. The zero-order chi connectivity index (χ0) is 14.8. The van der Waals surface area contributed by atoms with Gasteiger partial charge in [-0.1, -0.05) is 11.6 Å². The largest absolute Gasteiger partial charge is 0.496 e. The number of hydrogen-bond acceptors (Lipinski definition) is 4. The van der Waals surface area contributed by atoms with Crippen LogP contribution in [0.1, 0.15) is 11.5 Å². The quantitative estimate of drug-likeness (QED) is 0.775. The highest BCUT2D eigenvalue weighted by Gasteiger charge is 2.06. The zero-order valence-electron chi connectivity index (χ0n) is 11.8. The number of benzene rings is 2. The first-order valence-corrected chi connectivity index (χ1v) is 6.97. The van der Waals surface area contributed by atoms with E-state index in [1.807, 2.05) is 43.3 Å².